The smallest absolute Gasteiger partial charge is 0.131 e. The molecule has 0 aliphatic rings. The average Bonchev–Trinajstić information content (AvgIpc) is 2.62. The molecule has 0 fully saturated rings. The molecule has 2 rings (SSSR count). The Balaban J connectivity index is 2.49. The fourth-order valence-electron chi connectivity index (χ4n) is 0.989. The highest BCUT2D eigenvalue weighted by Gasteiger charge is 2.01. The number of hydrogen-bond acceptors (Lipinski definition) is 3. The Morgan fingerprint density at radius 3 is 2.85 bits per heavy atom. The van der Waals surface area contributed by atoms with Gasteiger partial charge in [0.25, 0.3) is 0 Å². The summed E-state index contributed by atoms with van der Waals surface area (Å²) in [6.07, 6.45) is 3.29. The van der Waals surface area contributed by atoms with Crippen LogP contribution in [0.3, 0.4) is 0 Å². The molecule has 0 aliphatic heterocycles. The molecule has 0 spiro atoms. The number of aromatic nitrogens is 3. The molecule has 5 heteroatoms. The number of phenols is 1. The van der Waals surface area contributed by atoms with E-state index in [2.05, 4.69) is 26.2 Å². The van der Waals surface area contributed by atoms with Gasteiger partial charge in [-0.1, -0.05) is 5.21 Å². The van der Waals surface area contributed by atoms with E-state index in [1.165, 1.54) is 0 Å². The van der Waals surface area contributed by atoms with E-state index in [0.29, 0.717) is 4.47 Å². The van der Waals surface area contributed by atoms with E-state index in [1.807, 2.05) is 6.07 Å². The highest BCUT2D eigenvalue weighted by molar-refractivity contribution is 9.10. The van der Waals surface area contributed by atoms with Crippen molar-refractivity contribution in [3.63, 3.8) is 0 Å². The fourth-order valence-corrected chi connectivity index (χ4v) is 1.24. The maximum atomic E-state index is 9.39. The van der Waals surface area contributed by atoms with Crippen molar-refractivity contribution in [3.8, 4) is 11.4 Å². The van der Waals surface area contributed by atoms with Crippen LogP contribution in [0.1, 0.15) is 0 Å². The lowest BCUT2D eigenvalue weighted by atomic mass is 10.3. The first-order chi connectivity index (χ1) is 6.27. The molecule has 0 atom stereocenters. The number of hydrogen-bond donors (Lipinski definition) is 1. The summed E-state index contributed by atoms with van der Waals surface area (Å²) in [4.78, 5) is 0. The highest BCUT2D eigenvalue weighted by atomic mass is 79.9. The van der Waals surface area contributed by atoms with Crippen molar-refractivity contribution in [1.82, 2.24) is 15.0 Å². The summed E-state index contributed by atoms with van der Waals surface area (Å²) in [6.45, 7) is 0. The van der Waals surface area contributed by atoms with Crippen LogP contribution in [0.4, 0.5) is 0 Å². The predicted octanol–water partition coefficient (Wildman–Crippen LogP) is 1.74. The van der Waals surface area contributed by atoms with E-state index in [-0.39, 0.29) is 5.75 Å². The molecule has 0 radical (unpaired) electrons. The SMILES string of the molecule is Oc1cc(-n2ccnn2)ccc1Br. The number of aromatic hydroxyl groups is 1. The van der Waals surface area contributed by atoms with Crippen LogP contribution in [0.15, 0.2) is 35.1 Å². The lowest BCUT2D eigenvalue weighted by Gasteiger charge is -2.01. The van der Waals surface area contributed by atoms with Crippen LogP contribution in [0.2, 0.25) is 0 Å². The fraction of sp³-hybridized carbons (Fsp3) is 0. The second-order valence-corrected chi connectivity index (χ2v) is 3.34. The van der Waals surface area contributed by atoms with Gasteiger partial charge in [0.05, 0.1) is 22.6 Å². The normalized spacial score (nSPS) is 10.2. The highest BCUT2D eigenvalue weighted by Crippen LogP contribution is 2.25. The van der Waals surface area contributed by atoms with Gasteiger partial charge in [0, 0.05) is 6.07 Å². The van der Waals surface area contributed by atoms with Crippen LogP contribution in [0.25, 0.3) is 5.69 Å². The molecule has 4 nitrogen and oxygen atoms in total. The molecule has 13 heavy (non-hydrogen) atoms. The van der Waals surface area contributed by atoms with Gasteiger partial charge in [-0.2, -0.15) is 0 Å². The Bertz CT molecular complexity index is 413. The largest absolute Gasteiger partial charge is 0.507 e. The third-order valence-corrected chi connectivity index (χ3v) is 2.29. The summed E-state index contributed by atoms with van der Waals surface area (Å²) in [5.41, 5.74) is 0.776. The van der Waals surface area contributed by atoms with E-state index in [9.17, 15) is 5.11 Å². The average molecular weight is 240 g/mol. The third kappa shape index (κ3) is 1.55. The van der Waals surface area contributed by atoms with Gasteiger partial charge in [0.15, 0.2) is 0 Å². The van der Waals surface area contributed by atoms with Crippen LogP contribution in [0, 0.1) is 0 Å². The van der Waals surface area contributed by atoms with Gasteiger partial charge >= 0.3 is 0 Å². The topological polar surface area (TPSA) is 50.9 Å². The van der Waals surface area contributed by atoms with Crippen LogP contribution in [0.5, 0.6) is 5.75 Å². The molecule has 1 aromatic carbocycles. The van der Waals surface area contributed by atoms with Crippen LogP contribution >= 0.6 is 15.9 Å². The van der Waals surface area contributed by atoms with E-state index >= 15 is 0 Å². The number of rotatable bonds is 1. The zero-order valence-corrected chi connectivity index (χ0v) is 8.14. The first kappa shape index (κ1) is 8.25. The summed E-state index contributed by atoms with van der Waals surface area (Å²) in [5, 5.41) is 16.9. The number of nitrogens with zero attached hydrogens (tertiary/aromatic N) is 3. The molecule has 0 aliphatic carbocycles. The van der Waals surface area contributed by atoms with Crippen molar-refractivity contribution in [2.45, 2.75) is 0 Å². The quantitative estimate of drug-likeness (QED) is 0.825. The minimum Gasteiger partial charge on any atom is -0.507 e. The molecular weight excluding hydrogens is 234 g/mol. The third-order valence-electron chi connectivity index (χ3n) is 1.62. The van der Waals surface area contributed by atoms with Gasteiger partial charge in [-0.15, -0.1) is 5.10 Å². The molecule has 66 valence electrons. The molecule has 0 amide bonds. The number of halogens is 1. The van der Waals surface area contributed by atoms with Crippen molar-refractivity contribution in [2.24, 2.45) is 0 Å². The van der Waals surface area contributed by atoms with Crippen molar-refractivity contribution in [1.29, 1.82) is 0 Å². The second kappa shape index (κ2) is 3.18. The van der Waals surface area contributed by atoms with Crippen LogP contribution in [-0.4, -0.2) is 20.1 Å². The minimum atomic E-state index is 0.188. The van der Waals surface area contributed by atoms with Gasteiger partial charge in [-0.25, -0.2) is 4.68 Å². The van der Waals surface area contributed by atoms with Gasteiger partial charge in [0.1, 0.15) is 5.75 Å². The molecule has 0 saturated heterocycles. The first-order valence-electron chi connectivity index (χ1n) is 3.62. The van der Waals surface area contributed by atoms with E-state index in [1.54, 1.807) is 29.2 Å². The lowest BCUT2D eigenvalue weighted by Crippen LogP contribution is -1.94. The summed E-state index contributed by atoms with van der Waals surface area (Å²) in [7, 11) is 0. The number of benzene rings is 1. The Morgan fingerprint density at radius 2 is 2.23 bits per heavy atom. The molecule has 1 N–H and O–H groups in total. The van der Waals surface area contributed by atoms with Crippen molar-refractivity contribution >= 4 is 15.9 Å². The van der Waals surface area contributed by atoms with Crippen LogP contribution < -0.4 is 0 Å². The number of phenolic OH excluding ortho intramolecular Hbond substituents is 1. The minimum absolute atomic E-state index is 0.188. The molecule has 0 bridgehead atoms. The van der Waals surface area contributed by atoms with Crippen molar-refractivity contribution in [3.05, 3.63) is 35.1 Å². The second-order valence-electron chi connectivity index (χ2n) is 2.48. The van der Waals surface area contributed by atoms with Gasteiger partial charge in [-0.05, 0) is 28.1 Å². The van der Waals surface area contributed by atoms with Crippen molar-refractivity contribution < 1.29 is 5.11 Å². The summed E-state index contributed by atoms with van der Waals surface area (Å²) < 4.78 is 2.24. The monoisotopic (exact) mass is 239 g/mol. The van der Waals surface area contributed by atoms with Crippen LogP contribution in [-0.2, 0) is 0 Å². The molecule has 1 aromatic heterocycles. The van der Waals surface area contributed by atoms with E-state index in [0.717, 1.165) is 5.69 Å². The van der Waals surface area contributed by atoms with Gasteiger partial charge in [0.2, 0.25) is 0 Å². The molecule has 0 unspecified atom stereocenters. The van der Waals surface area contributed by atoms with E-state index < -0.39 is 0 Å². The van der Waals surface area contributed by atoms with E-state index in [4.69, 9.17) is 0 Å². The molecule has 2 aromatic rings. The standard InChI is InChI=1S/C8H6BrN3O/c9-7-2-1-6(5-8(7)13)12-4-3-10-11-12/h1-5,13H. The maximum absolute atomic E-state index is 9.39. The Morgan fingerprint density at radius 1 is 1.38 bits per heavy atom. The zero-order chi connectivity index (χ0) is 9.26. The summed E-state index contributed by atoms with van der Waals surface area (Å²) >= 11 is 3.20. The predicted molar refractivity (Wildman–Crippen MR) is 50.7 cm³/mol. The summed E-state index contributed by atoms with van der Waals surface area (Å²) in [6, 6.07) is 5.20. The Kier molecular flexibility index (Phi) is 2.02. The first-order valence-corrected chi connectivity index (χ1v) is 4.42. The Labute approximate surface area is 82.9 Å². The van der Waals surface area contributed by atoms with Gasteiger partial charge in [-0.3, -0.25) is 0 Å². The molecular formula is C8H6BrN3O. The van der Waals surface area contributed by atoms with Gasteiger partial charge < -0.3 is 5.11 Å². The Hall–Kier alpha value is -1.36. The zero-order valence-electron chi connectivity index (χ0n) is 6.55. The van der Waals surface area contributed by atoms with Crippen molar-refractivity contribution in [2.75, 3.05) is 0 Å². The summed E-state index contributed by atoms with van der Waals surface area (Å²) in [5.74, 6) is 0.188. The molecule has 0 saturated carbocycles. The lowest BCUT2D eigenvalue weighted by molar-refractivity contribution is 0.471. The maximum Gasteiger partial charge on any atom is 0.131 e. The molecule has 1 heterocycles.